The zero-order chi connectivity index (χ0) is 22.9. The monoisotopic (exact) mass is 446 g/mol. The first-order valence-electron chi connectivity index (χ1n) is 11.0. The number of hydrogen-bond acceptors (Lipinski definition) is 6. The molecule has 2 aliphatic heterocycles. The first-order chi connectivity index (χ1) is 16.0. The van der Waals surface area contributed by atoms with Crippen molar-refractivity contribution in [1.29, 1.82) is 0 Å². The van der Waals surface area contributed by atoms with E-state index in [-0.39, 0.29) is 18.1 Å². The Balaban J connectivity index is 1.46. The molecule has 0 bridgehead atoms. The zero-order valence-corrected chi connectivity index (χ0v) is 18.9. The van der Waals surface area contributed by atoms with Crippen molar-refractivity contribution in [2.24, 2.45) is 0 Å². The number of rotatable bonds is 4. The molecule has 3 heterocycles. The van der Waals surface area contributed by atoms with E-state index in [4.69, 9.17) is 14.2 Å². The number of methoxy groups -OCH3 is 1. The standard InChI is InChI=1S/C25H26N4O4/c1-16-14-28(20-10-11-32-22-7-5-4-6-19(20)22)25(30)24(33-16)13-18-8-9-21(23(12-18)31-3)29-15-26-17(2)27-29/h4-9,12-13,15-16,20H,10-11,14H2,1-3H3/t16-,20?/m1/s1. The molecule has 5 rings (SSSR count). The molecule has 1 unspecified atom stereocenters. The van der Waals surface area contributed by atoms with Crippen LogP contribution in [0.5, 0.6) is 11.5 Å². The molecule has 1 fully saturated rings. The lowest BCUT2D eigenvalue weighted by molar-refractivity contribution is -0.142. The molecule has 3 aromatic rings. The lowest BCUT2D eigenvalue weighted by Crippen LogP contribution is -2.47. The lowest BCUT2D eigenvalue weighted by atomic mass is 9.97. The topological polar surface area (TPSA) is 78.7 Å². The molecular weight excluding hydrogens is 420 g/mol. The summed E-state index contributed by atoms with van der Waals surface area (Å²) in [6.45, 7) is 4.93. The van der Waals surface area contributed by atoms with E-state index in [0.29, 0.717) is 30.5 Å². The molecule has 33 heavy (non-hydrogen) atoms. The van der Waals surface area contributed by atoms with Gasteiger partial charge in [0.1, 0.15) is 35.4 Å². The maximum atomic E-state index is 13.5. The fourth-order valence-electron chi connectivity index (χ4n) is 4.40. The molecule has 2 aromatic carbocycles. The van der Waals surface area contributed by atoms with E-state index in [1.807, 2.05) is 61.2 Å². The average Bonchev–Trinajstić information content (AvgIpc) is 3.26. The Labute approximate surface area is 192 Å². The molecule has 0 N–H and O–H groups in total. The van der Waals surface area contributed by atoms with Gasteiger partial charge >= 0.3 is 0 Å². The van der Waals surface area contributed by atoms with Gasteiger partial charge in [0.05, 0.1) is 26.3 Å². The van der Waals surface area contributed by atoms with Crippen LogP contribution in [0.1, 0.15) is 36.3 Å². The maximum absolute atomic E-state index is 13.5. The van der Waals surface area contributed by atoms with Crippen LogP contribution in [0.25, 0.3) is 11.8 Å². The van der Waals surface area contributed by atoms with Crippen molar-refractivity contribution in [2.75, 3.05) is 20.3 Å². The van der Waals surface area contributed by atoms with Gasteiger partial charge in [0, 0.05) is 12.0 Å². The van der Waals surface area contributed by atoms with E-state index in [1.54, 1.807) is 24.2 Å². The number of benzene rings is 2. The van der Waals surface area contributed by atoms with Crippen molar-refractivity contribution >= 4 is 12.0 Å². The van der Waals surface area contributed by atoms with E-state index in [9.17, 15) is 4.79 Å². The normalized spacial score (nSPS) is 21.4. The molecule has 0 aliphatic carbocycles. The number of carbonyl (C=O) groups excluding carboxylic acids is 1. The van der Waals surface area contributed by atoms with Crippen LogP contribution >= 0.6 is 0 Å². The van der Waals surface area contributed by atoms with Gasteiger partial charge in [0.15, 0.2) is 5.76 Å². The van der Waals surface area contributed by atoms with Crippen molar-refractivity contribution in [2.45, 2.75) is 32.4 Å². The third-order valence-electron chi connectivity index (χ3n) is 5.91. The van der Waals surface area contributed by atoms with Gasteiger partial charge in [0.2, 0.25) is 0 Å². The van der Waals surface area contributed by atoms with Crippen LogP contribution in [0.2, 0.25) is 0 Å². The first-order valence-corrected chi connectivity index (χ1v) is 11.0. The fraction of sp³-hybridized carbons (Fsp3) is 0.320. The maximum Gasteiger partial charge on any atom is 0.289 e. The molecule has 8 nitrogen and oxygen atoms in total. The number of morpholine rings is 1. The molecule has 170 valence electrons. The predicted molar refractivity (Wildman–Crippen MR) is 122 cm³/mol. The van der Waals surface area contributed by atoms with Crippen molar-refractivity contribution in [1.82, 2.24) is 19.7 Å². The Kier molecular flexibility index (Phi) is 5.50. The molecular formula is C25H26N4O4. The van der Waals surface area contributed by atoms with Crippen molar-refractivity contribution in [3.05, 3.63) is 71.5 Å². The molecule has 2 atom stereocenters. The van der Waals surface area contributed by atoms with Gasteiger partial charge in [-0.2, -0.15) is 5.10 Å². The number of amides is 1. The summed E-state index contributed by atoms with van der Waals surface area (Å²) < 4.78 is 19.0. The van der Waals surface area contributed by atoms with Gasteiger partial charge < -0.3 is 19.1 Å². The largest absolute Gasteiger partial charge is 0.494 e. The first kappa shape index (κ1) is 21.1. The molecule has 1 saturated heterocycles. The Morgan fingerprint density at radius 1 is 1.21 bits per heavy atom. The number of carbonyl (C=O) groups is 1. The SMILES string of the molecule is COc1cc(C=C2O[C@H](C)CN(C3CCOc4ccccc43)C2=O)ccc1-n1cnc(C)n1. The van der Waals surface area contributed by atoms with E-state index in [1.165, 1.54) is 0 Å². The average molecular weight is 447 g/mol. The number of aryl methyl sites for hydroxylation is 1. The quantitative estimate of drug-likeness (QED) is 0.569. The summed E-state index contributed by atoms with van der Waals surface area (Å²) in [4.78, 5) is 19.6. The van der Waals surface area contributed by atoms with E-state index >= 15 is 0 Å². The zero-order valence-electron chi connectivity index (χ0n) is 18.9. The minimum absolute atomic E-state index is 0.0373. The number of hydrogen-bond donors (Lipinski definition) is 0. The second-order valence-electron chi connectivity index (χ2n) is 8.25. The van der Waals surface area contributed by atoms with Crippen molar-refractivity contribution < 1.29 is 19.0 Å². The number of nitrogens with zero attached hydrogens (tertiary/aromatic N) is 4. The highest BCUT2D eigenvalue weighted by molar-refractivity contribution is 5.97. The van der Waals surface area contributed by atoms with Crippen LogP contribution in [0.4, 0.5) is 0 Å². The highest BCUT2D eigenvalue weighted by Gasteiger charge is 2.37. The second-order valence-corrected chi connectivity index (χ2v) is 8.25. The smallest absolute Gasteiger partial charge is 0.289 e. The molecule has 1 aromatic heterocycles. The number of aromatic nitrogens is 3. The summed E-state index contributed by atoms with van der Waals surface area (Å²) in [5, 5.41) is 4.35. The summed E-state index contributed by atoms with van der Waals surface area (Å²) in [5.74, 6) is 2.35. The van der Waals surface area contributed by atoms with Gasteiger partial charge in [-0.25, -0.2) is 9.67 Å². The summed E-state index contributed by atoms with van der Waals surface area (Å²) in [6.07, 6.45) is 4.05. The van der Waals surface area contributed by atoms with Gasteiger partial charge in [0.25, 0.3) is 5.91 Å². The lowest BCUT2D eigenvalue weighted by Gasteiger charge is -2.40. The summed E-state index contributed by atoms with van der Waals surface area (Å²) in [6, 6.07) is 13.6. The minimum atomic E-state index is -0.122. The second kappa shape index (κ2) is 8.61. The van der Waals surface area contributed by atoms with Gasteiger partial charge in [-0.15, -0.1) is 0 Å². The molecule has 8 heteroatoms. The van der Waals surface area contributed by atoms with Crippen LogP contribution in [0.3, 0.4) is 0 Å². The Bertz CT molecular complexity index is 1220. The highest BCUT2D eigenvalue weighted by Crippen LogP contribution is 2.38. The van der Waals surface area contributed by atoms with Crippen LogP contribution in [0.15, 0.2) is 54.6 Å². The molecule has 0 saturated carbocycles. The minimum Gasteiger partial charge on any atom is -0.494 e. The predicted octanol–water partition coefficient (Wildman–Crippen LogP) is 3.70. The summed E-state index contributed by atoms with van der Waals surface area (Å²) in [5.41, 5.74) is 2.61. The fourth-order valence-corrected chi connectivity index (χ4v) is 4.40. The van der Waals surface area contributed by atoms with Crippen LogP contribution in [0, 0.1) is 6.92 Å². The van der Waals surface area contributed by atoms with Crippen molar-refractivity contribution in [3.63, 3.8) is 0 Å². The van der Waals surface area contributed by atoms with Crippen LogP contribution in [-0.4, -0.2) is 51.9 Å². The van der Waals surface area contributed by atoms with Gasteiger partial charge in [-0.1, -0.05) is 24.3 Å². The molecule has 0 radical (unpaired) electrons. The number of para-hydroxylation sites is 1. The third kappa shape index (κ3) is 4.04. The van der Waals surface area contributed by atoms with E-state index < -0.39 is 0 Å². The Morgan fingerprint density at radius 2 is 2.06 bits per heavy atom. The summed E-state index contributed by atoms with van der Waals surface area (Å²) >= 11 is 0. The third-order valence-corrected chi connectivity index (χ3v) is 5.91. The Morgan fingerprint density at radius 3 is 2.85 bits per heavy atom. The molecule has 0 spiro atoms. The highest BCUT2D eigenvalue weighted by atomic mass is 16.5. The van der Waals surface area contributed by atoms with Gasteiger partial charge in [-0.05, 0) is 43.7 Å². The Hall–Kier alpha value is -3.81. The van der Waals surface area contributed by atoms with E-state index in [2.05, 4.69) is 10.1 Å². The van der Waals surface area contributed by atoms with Crippen molar-refractivity contribution in [3.8, 4) is 17.2 Å². The van der Waals surface area contributed by atoms with Gasteiger partial charge in [-0.3, -0.25) is 4.79 Å². The molecule has 2 aliphatic rings. The number of fused-ring (bicyclic) bond motifs is 1. The summed E-state index contributed by atoms with van der Waals surface area (Å²) in [7, 11) is 1.61. The molecule has 1 amide bonds. The van der Waals surface area contributed by atoms with E-state index in [0.717, 1.165) is 29.0 Å². The van der Waals surface area contributed by atoms with Crippen LogP contribution < -0.4 is 9.47 Å². The number of ether oxygens (including phenoxy) is 3. The van der Waals surface area contributed by atoms with Crippen LogP contribution in [-0.2, 0) is 9.53 Å².